The molecule has 1 aromatic rings. The van der Waals surface area contributed by atoms with Crippen LogP contribution >= 0.6 is 0 Å². The quantitative estimate of drug-likeness (QED) is 0.747. The molecule has 1 aliphatic heterocycles. The maximum Gasteiger partial charge on any atom is 0.116 e. The smallest absolute Gasteiger partial charge is 0.116 e. The molecule has 0 bridgehead atoms. The maximum absolute atomic E-state index is 10.1. The molecule has 2 rings (SSSR count). The molecule has 0 radical (unpaired) electrons. The highest BCUT2D eigenvalue weighted by atomic mass is 16.5. The third kappa shape index (κ3) is 4.40. The highest BCUT2D eigenvalue weighted by molar-refractivity contribution is 5.28. The van der Waals surface area contributed by atoms with Gasteiger partial charge in [0.25, 0.3) is 0 Å². The summed E-state index contributed by atoms with van der Waals surface area (Å²) in [5.41, 5.74) is 2.19. The molecule has 0 unspecified atom stereocenters. The molecule has 0 aliphatic carbocycles. The highest BCUT2D eigenvalue weighted by Crippen LogP contribution is 2.15. The van der Waals surface area contributed by atoms with Crippen LogP contribution in [0.25, 0.3) is 0 Å². The van der Waals surface area contributed by atoms with Gasteiger partial charge in [-0.25, -0.2) is 0 Å². The Morgan fingerprint density at radius 2 is 2.10 bits per heavy atom. The van der Waals surface area contributed by atoms with Crippen molar-refractivity contribution in [3.8, 4) is 0 Å². The second kappa shape index (κ2) is 7.72. The summed E-state index contributed by atoms with van der Waals surface area (Å²) in [5, 5.41) is 13.3. The van der Waals surface area contributed by atoms with Gasteiger partial charge in [-0.3, -0.25) is 0 Å². The Morgan fingerprint density at radius 1 is 1.30 bits per heavy atom. The van der Waals surface area contributed by atoms with Crippen molar-refractivity contribution in [2.75, 3.05) is 33.4 Å². The molecular weight excluding hydrogens is 252 g/mol. The summed E-state index contributed by atoms with van der Waals surface area (Å²) in [4.78, 5) is 2.10. The van der Waals surface area contributed by atoms with Crippen LogP contribution in [0, 0.1) is 0 Å². The van der Waals surface area contributed by atoms with Crippen LogP contribution in [0.1, 0.15) is 5.56 Å². The van der Waals surface area contributed by atoms with Gasteiger partial charge in [-0.05, 0) is 11.6 Å². The van der Waals surface area contributed by atoms with Gasteiger partial charge in [0.05, 0.1) is 13.2 Å². The van der Waals surface area contributed by atoms with Crippen LogP contribution in [0.15, 0.2) is 53.9 Å². The van der Waals surface area contributed by atoms with E-state index in [0.29, 0.717) is 25.5 Å². The molecule has 0 saturated carbocycles. The SMILES string of the molecule is COCCNCC1=C(O)CN(Cc2ccccc2)C=C1. The zero-order chi connectivity index (χ0) is 14.2. The fourth-order valence-electron chi connectivity index (χ4n) is 2.12. The molecule has 1 aliphatic rings. The molecule has 1 aromatic carbocycles. The van der Waals surface area contributed by atoms with Gasteiger partial charge in [-0.1, -0.05) is 30.3 Å². The zero-order valence-electron chi connectivity index (χ0n) is 11.9. The number of rotatable bonds is 7. The van der Waals surface area contributed by atoms with Crippen LogP contribution in [0.5, 0.6) is 0 Å². The molecule has 2 N–H and O–H groups in total. The minimum atomic E-state index is 0.438. The molecule has 20 heavy (non-hydrogen) atoms. The Labute approximate surface area is 120 Å². The summed E-state index contributed by atoms with van der Waals surface area (Å²) in [5.74, 6) is 0.438. The largest absolute Gasteiger partial charge is 0.510 e. The number of aliphatic hydroxyl groups is 1. The summed E-state index contributed by atoms with van der Waals surface area (Å²) in [7, 11) is 1.68. The normalized spacial score (nSPS) is 14.9. The number of benzene rings is 1. The molecule has 0 atom stereocenters. The first kappa shape index (κ1) is 14.6. The Bertz CT molecular complexity index is 469. The third-order valence-electron chi connectivity index (χ3n) is 3.24. The van der Waals surface area contributed by atoms with Gasteiger partial charge < -0.3 is 20.1 Å². The summed E-state index contributed by atoms with van der Waals surface area (Å²) < 4.78 is 4.97. The van der Waals surface area contributed by atoms with E-state index in [-0.39, 0.29) is 0 Å². The standard InChI is InChI=1S/C16H22N2O2/c1-20-10-8-17-11-15-7-9-18(13-16(15)19)12-14-5-3-2-4-6-14/h2-7,9,17,19H,8,10-13H2,1H3. The lowest BCUT2D eigenvalue weighted by Crippen LogP contribution is -2.27. The lowest BCUT2D eigenvalue weighted by molar-refractivity contribution is 0.200. The molecule has 1 heterocycles. The van der Waals surface area contributed by atoms with Crippen molar-refractivity contribution < 1.29 is 9.84 Å². The fraction of sp³-hybridized carbons (Fsp3) is 0.375. The van der Waals surface area contributed by atoms with E-state index < -0.39 is 0 Å². The van der Waals surface area contributed by atoms with Gasteiger partial charge in [-0.2, -0.15) is 0 Å². The summed E-state index contributed by atoms with van der Waals surface area (Å²) in [6.45, 7) is 3.51. The first-order valence-corrected chi connectivity index (χ1v) is 6.86. The second-order valence-corrected chi connectivity index (χ2v) is 4.85. The number of ether oxygens (including phenoxy) is 1. The first-order chi connectivity index (χ1) is 9.79. The van der Waals surface area contributed by atoms with E-state index in [1.165, 1.54) is 5.56 Å². The van der Waals surface area contributed by atoms with Gasteiger partial charge in [0.2, 0.25) is 0 Å². The molecule has 0 spiro atoms. The molecule has 4 nitrogen and oxygen atoms in total. The lowest BCUT2D eigenvalue weighted by atomic mass is 10.1. The van der Waals surface area contributed by atoms with Crippen molar-refractivity contribution in [3.05, 3.63) is 59.5 Å². The Kier molecular flexibility index (Phi) is 5.65. The van der Waals surface area contributed by atoms with Crippen LogP contribution in [0.3, 0.4) is 0 Å². The van der Waals surface area contributed by atoms with Crippen LogP contribution in [0.4, 0.5) is 0 Å². The van der Waals surface area contributed by atoms with Gasteiger partial charge >= 0.3 is 0 Å². The van der Waals surface area contributed by atoms with E-state index in [9.17, 15) is 5.11 Å². The van der Waals surface area contributed by atoms with Gasteiger partial charge in [0.15, 0.2) is 0 Å². The molecule has 4 heteroatoms. The number of aliphatic hydroxyl groups excluding tert-OH is 1. The Hall–Kier alpha value is -1.78. The van der Waals surface area contributed by atoms with Crippen LogP contribution < -0.4 is 5.32 Å². The van der Waals surface area contributed by atoms with Crippen LogP contribution in [0.2, 0.25) is 0 Å². The van der Waals surface area contributed by atoms with Gasteiger partial charge in [0, 0.05) is 38.5 Å². The molecule has 0 aromatic heterocycles. The number of nitrogens with zero attached hydrogens (tertiary/aromatic N) is 1. The van der Waals surface area contributed by atoms with Crippen molar-refractivity contribution in [1.82, 2.24) is 10.2 Å². The predicted octanol–water partition coefficient (Wildman–Crippen LogP) is 2.06. The lowest BCUT2D eigenvalue weighted by Gasteiger charge is -2.25. The maximum atomic E-state index is 10.1. The molecule has 0 amide bonds. The van der Waals surface area contributed by atoms with E-state index in [1.807, 2.05) is 30.5 Å². The van der Waals surface area contributed by atoms with Crippen molar-refractivity contribution in [2.24, 2.45) is 0 Å². The van der Waals surface area contributed by atoms with Crippen molar-refractivity contribution in [1.29, 1.82) is 0 Å². The van der Waals surface area contributed by atoms with E-state index >= 15 is 0 Å². The van der Waals surface area contributed by atoms with E-state index in [4.69, 9.17) is 4.74 Å². The average molecular weight is 274 g/mol. The molecule has 108 valence electrons. The number of methoxy groups -OCH3 is 1. The van der Waals surface area contributed by atoms with Crippen molar-refractivity contribution in [2.45, 2.75) is 6.54 Å². The molecule has 0 saturated heterocycles. The monoisotopic (exact) mass is 274 g/mol. The average Bonchev–Trinajstić information content (AvgIpc) is 2.46. The van der Waals surface area contributed by atoms with E-state index in [1.54, 1.807) is 7.11 Å². The van der Waals surface area contributed by atoms with E-state index in [2.05, 4.69) is 22.3 Å². The number of nitrogens with one attached hydrogen (secondary N) is 1. The van der Waals surface area contributed by atoms with E-state index in [0.717, 1.165) is 18.7 Å². The molecular formula is C16H22N2O2. The van der Waals surface area contributed by atoms with Crippen LogP contribution in [-0.4, -0.2) is 43.4 Å². The summed E-state index contributed by atoms with van der Waals surface area (Å²) in [6, 6.07) is 10.3. The Balaban J connectivity index is 1.82. The second-order valence-electron chi connectivity index (χ2n) is 4.85. The minimum absolute atomic E-state index is 0.438. The zero-order valence-corrected chi connectivity index (χ0v) is 11.9. The topological polar surface area (TPSA) is 44.7 Å². The summed E-state index contributed by atoms with van der Waals surface area (Å²) >= 11 is 0. The molecule has 0 fully saturated rings. The van der Waals surface area contributed by atoms with Gasteiger partial charge in [-0.15, -0.1) is 0 Å². The Morgan fingerprint density at radius 3 is 2.80 bits per heavy atom. The van der Waals surface area contributed by atoms with Gasteiger partial charge in [0.1, 0.15) is 5.76 Å². The third-order valence-corrected chi connectivity index (χ3v) is 3.24. The highest BCUT2D eigenvalue weighted by Gasteiger charge is 2.12. The predicted molar refractivity (Wildman–Crippen MR) is 80.4 cm³/mol. The van der Waals surface area contributed by atoms with Crippen molar-refractivity contribution >= 4 is 0 Å². The summed E-state index contributed by atoms with van der Waals surface area (Å²) in [6.07, 6.45) is 4.02. The fourth-order valence-corrected chi connectivity index (χ4v) is 2.12. The number of hydrogen-bond donors (Lipinski definition) is 2. The minimum Gasteiger partial charge on any atom is -0.510 e. The van der Waals surface area contributed by atoms with Crippen LogP contribution in [-0.2, 0) is 11.3 Å². The number of hydrogen-bond acceptors (Lipinski definition) is 4. The first-order valence-electron chi connectivity index (χ1n) is 6.86. The van der Waals surface area contributed by atoms with Crippen molar-refractivity contribution in [3.63, 3.8) is 0 Å².